The Morgan fingerprint density at radius 3 is 2.44 bits per heavy atom. The molecule has 0 saturated carbocycles. The van der Waals surface area contributed by atoms with Gasteiger partial charge in [0.15, 0.2) is 0 Å². The number of hydrogen-bond donors (Lipinski definition) is 1. The predicted octanol–water partition coefficient (Wildman–Crippen LogP) is 5.58. The summed E-state index contributed by atoms with van der Waals surface area (Å²) < 4.78 is 12.4. The van der Waals surface area contributed by atoms with Crippen molar-refractivity contribution in [3.63, 3.8) is 0 Å². The number of nitrogens with zero attached hydrogens (tertiary/aromatic N) is 2. The van der Waals surface area contributed by atoms with Crippen LogP contribution in [0.3, 0.4) is 0 Å². The fraction of sp³-hybridized carbons (Fsp3) is 0.273. The van der Waals surface area contributed by atoms with Crippen molar-refractivity contribution in [1.82, 2.24) is 14.8 Å². The van der Waals surface area contributed by atoms with E-state index in [2.05, 4.69) is 5.32 Å². The van der Waals surface area contributed by atoms with E-state index in [0.717, 1.165) is 17.2 Å². The molecule has 2 amide bonds. The van der Waals surface area contributed by atoms with Crippen molar-refractivity contribution in [2.45, 2.75) is 32.8 Å². The Kier molecular flexibility index (Phi) is 10.9. The first-order valence-electron chi connectivity index (χ1n) is 14.0. The minimum atomic E-state index is -0.514. The molecule has 1 N–H and O–H groups in total. The van der Waals surface area contributed by atoms with Gasteiger partial charge in [0.25, 0.3) is 5.91 Å². The smallest absolute Gasteiger partial charge is 0.410 e. The monoisotopic (exact) mass is 603 g/mol. The summed E-state index contributed by atoms with van der Waals surface area (Å²) in [5.74, 6) is 0.153. The summed E-state index contributed by atoms with van der Waals surface area (Å²) in [6, 6.07) is 21.4. The number of fused-ring (bicyclic) bond motifs is 1. The van der Waals surface area contributed by atoms with E-state index < -0.39 is 6.09 Å². The van der Waals surface area contributed by atoms with Gasteiger partial charge >= 0.3 is 6.09 Å². The zero-order valence-corrected chi connectivity index (χ0v) is 24.9. The van der Waals surface area contributed by atoms with Crippen molar-refractivity contribution in [2.24, 2.45) is 0 Å². The normalized spacial score (nSPS) is 10.8. The molecule has 3 aromatic carbocycles. The zero-order chi connectivity index (χ0) is 30.8. The topological polar surface area (TPSA) is 107 Å². The molecular weight excluding hydrogens is 570 g/mol. The van der Waals surface area contributed by atoms with E-state index in [1.165, 1.54) is 4.90 Å². The lowest BCUT2D eigenvalue weighted by atomic mass is 10.1. The van der Waals surface area contributed by atoms with Crippen LogP contribution in [0.25, 0.3) is 10.9 Å². The number of carbonyl (C=O) groups is 4. The van der Waals surface area contributed by atoms with Gasteiger partial charge in [0.05, 0.1) is 19.0 Å². The summed E-state index contributed by atoms with van der Waals surface area (Å²) >= 11 is 6.01. The van der Waals surface area contributed by atoms with Gasteiger partial charge < -0.3 is 24.5 Å². The Hall–Kier alpha value is -4.63. The molecule has 4 rings (SSSR count). The van der Waals surface area contributed by atoms with Crippen LogP contribution in [0.15, 0.2) is 72.8 Å². The van der Waals surface area contributed by atoms with Crippen molar-refractivity contribution in [1.29, 1.82) is 0 Å². The van der Waals surface area contributed by atoms with Crippen molar-refractivity contribution in [3.05, 3.63) is 100 Å². The molecule has 0 aliphatic carbocycles. The molecule has 0 atom stereocenters. The van der Waals surface area contributed by atoms with Gasteiger partial charge in [-0.3, -0.25) is 14.2 Å². The molecule has 0 spiro atoms. The molecule has 0 unspecified atom stereocenters. The summed E-state index contributed by atoms with van der Waals surface area (Å²) in [6.07, 6.45) is 0.942. The molecule has 10 heteroatoms. The maximum atomic E-state index is 13.5. The molecule has 0 radical (unpaired) electrons. The van der Waals surface area contributed by atoms with Gasteiger partial charge in [-0.2, -0.15) is 0 Å². The highest BCUT2D eigenvalue weighted by Gasteiger charge is 2.22. The molecule has 4 aromatic rings. The van der Waals surface area contributed by atoms with E-state index in [1.54, 1.807) is 48.1 Å². The van der Waals surface area contributed by atoms with Gasteiger partial charge in [-0.15, -0.1) is 0 Å². The molecule has 0 fully saturated rings. The van der Waals surface area contributed by atoms with E-state index in [-0.39, 0.29) is 37.8 Å². The van der Waals surface area contributed by atoms with Crippen LogP contribution >= 0.6 is 11.6 Å². The van der Waals surface area contributed by atoms with E-state index in [1.807, 2.05) is 43.3 Å². The van der Waals surface area contributed by atoms with Gasteiger partial charge in [0.2, 0.25) is 5.91 Å². The number of aldehydes is 1. The minimum absolute atomic E-state index is 0.0460. The van der Waals surface area contributed by atoms with E-state index in [0.29, 0.717) is 52.6 Å². The molecular formula is C33H34ClN3O6. The minimum Gasteiger partial charge on any atom is -0.497 e. The van der Waals surface area contributed by atoms with Crippen LogP contribution in [0.4, 0.5) is 4.79 Å². The second-order valence-corrected chi connectivity index (χ2v) is 10.4. The second-order valence-electron chi connectivity index (χ2n) is 9.96. The highest BCUT2D eigenvalue weighted by Crippen LogP contribution is 2.31. The van der Waals surface area contributed by atoms with Crippen molar-refractivity contribution in [2.75, 3.05) is 26.7 Å². The summed E-state index contributed by atoms with van der Waals surface area (Å²) in [6.45, 7) is 2.80. The third kappa shape index (κ3) is 8.02. The Balaban J connectivity index is 1.41. The lowest BCUT2D eigenvalue weighted by Gasteiger charge is -2.21. The van der Waals surface area contributed by atoms with Crippen LogP contribution < -0.4 is 10.1 Å². The maximum Gasteiger partial charge on any atom is 0.410 e. The Labute approximate surface area is 255 Å². The number of nitrogens with one attached hydrogen (secondary N) is 1. The van der Waals surface area contributed by atoms with E-state index in [4.69, 9.17) is 21.1 Å². The molecule has 0 aliphatic heterocycles. The molecule has 0 bridgehead atoms. The number of rotatable bonds is 13. The number of ether oxygens (including phenoxy) is 2. The van der Waals surface area contributed by atoms with Crippen LogP contribution in [0, 0.1) is 6.92 Å². The number of methoxy groups -OCH3 is 1. The number of aromatic nitrogens is 1. The van der Waals surface area contributed by atoms with Crippen molar-refractivity contribution >= 4 is 46.7 Å². The SMILES string of the molecule is COc1ccc2c(c1)c(CC(=O)NCCCN(CCC=O)C(=O)OCc1ccccc1)c(C)n2C(=O)c1ccc(Cl)cc1. The number of hydrogen-bond acceptors (Lipinski definition) is 6. The summed E-state index contributed by atoms with van der Waals surface area (Å²) in [7, 11) is 1.56. The summed E-state index contributed by atoms with van der Waals surface area (Å²) in [5.41, 5.74) is 3.37. The summed E-state index contributed by atoms with van der Waals surface area (Å²) in [4.78, 5) is 51.6. The second kappa shape index (κ2) is 15.0. The van der Waals surface area contributed by atoms with Crippen LogP contribution in [0.2, 0.25) is 5.02 Å². The van der Waals surface area contributed by atoms with Gasteiger partial charge in [-0.05, 0) is 66.9 Å². The fourth-order valence-corrected chi connectivity index (χ4v) is 4.96. The Bertz CT molecular complexity index is 1580. The highest BCUT2D eigenvalue weighted by molar-refractivity contribution is 6.30. The first kappa shape index (κ1) is 31.3. The number of carbonyl (C=O) groups excluding carboxylic acids is 4. The third-order valence-electron chi connectivity index (χ3n) is 7.08. The van der Waals surface area contributed by atoms with Crippen molar-refractivity contribution in [3.8, 4) is 5.75 Å². The molecule has 0 saturated heterocycles. The quantitative estimate of drug-likeness (QED) is 0.158. The van der Waals surface area contributed by atoms with Crippen molar-refractivity contribution < 1.29 is 28.7 Å². The predicted molar refractivity (Wildman–Crippen MR) is 165 cm³/mol. The standard InChI is InChI=1S/C33H34ClN3O6/c1-23-28(29-20-27(42-2)14-15-30(29)37(23)32(40)25-10-12-26(34)13-11-25)21-31(39)35-16-6-17-36(18-7-19-38)33(41)43-22-24-8-4-3-5-9-24/h3-5,8-15,19-20H,6-7,16-18,21-22H2,1-2H3,(H,35,39). The molecule has 1 aromatic heterocycles. The molecule has 43 heavy (non-hydrogen) atoms. The first-order valence-corrected chi connectivity index (χ1v) is 14.3. The largest absolute Gasteiger partial charge is 0.497 e. The highest BCUT2D eigenvalue weighted by atomic mass is 35.5. The van der Waals surface area contributed by atoms with E-state index in [9.17, 15) is 19.2 Å². The molecule has 9 nitrogen and oxygen atoms in total. The van der Waals surface area contributed by atoms with Crippen LogP contribution in [-0.2, 0) is 27.4 Å². The van der Waals surface area contributed by atoms with Crippen LogP contribution in [0.1, 0.15) is 40.0 Å². The Morgan fingerprint density at radius 2 is 1.74 bits per heavy atom. The lowest BCUT2D eigenvalue weighted by molar-refractivity contribution is -0.120. The fourth-order valence-electron chi connectivity index (χ4n) is 4.83. The van der Waals surface area contributed by atoms with Crippen LogP contribution in [0.5, 0.6) is 5.75 Å². The number of benzene rings is 3. The first-order chi connectivity index (χ1) is 20.8. The van der Waals surface area contributed by atoms with Gasteiger partial charge in [0.1, 0.15) is 18.6 Å². The van der Waals surface area contributed by atoms with Gasteiger partial charge in [-0.25, -0.2) is 4.79 Å². The summed E-state index contributed by atoms with van der Waals surface area (Å²) in [5, 5.41) is 4.19. The zero-order valence-electron chi connectivity index (χ0n) is 24.2. The average molecular weight is 604 g/mol. The molecule has 0 aliphatic rings. The molecule has 1 heterocycles. The molecule has 224 valence electrons. The van der Waals surface area contributed by atoms with Gasteiger partial charge in [0, 0.05) is 47.7 Å². The lowest BCUT2D eigenvalue weighted by Crippen LogP contribution is -2.36. The van der Waals surface area contributed by atoms with Gasteiger partial charge in [-0.1, -0.05) is 41.9 Å². The number of halogens is 1. The maximum absolute atomic E-state index is 13.5. The number of amides is 2. The van der Waals surface area contributed by atoms with E-state index >= 15 is 0 Å². The van der Waals surface area contributed by atoms with Crippen LogP contribution in [-0.4, -0.2) is 60.4 Å². The third-order valence-corrected chi connectivity index (χ3v) is 7.33. The Morgan fingerprint density at radius 1 is 1.00 bits per heavy atom. The average Bonchev–Trinajstić information content (AvgIpc) is 3.29.